The molecule has 0 N–H and O–H groups in total. The quantitative estimate of drug-likeness (QED) is 0.677. The van der Waals surface area contributed by atoms with Crippen molar-refractivity contribution in [2.24, 2.45) is 0 Å². The summed E-state index contributed by atoms with van der Waals surface area (Å²) >= 11 is 2.00. The van der Waals surface area contributed by atoms with Crippen LogP contribution < -0.4 is 0 Å². The molecule has 3 rings (SSSR count). The van der Waals surface area contributed by atoms with Crippen molar-refractivity contribution in [3.8, 4) is 0 Å². The fourth-order valence-corrected chi connectivity index (χ4v) is 4.53. The van der Waals surface area contributed by atoms with E-state index in [1.807, 2.05) is 11.8 Å². The van der Waals surface area contributed by atoms with Crippen LogP contribution in [0.3, 0.4) is 0 Å². The van der Waals surface area contributed by atoms with Crippen LogP contribution in [0.5, 0.6) is 0 Å². The Morgan fingerprint density at radius 3 is 2.20 bits per heavy atom. The molecule has 102 valence electrons. The van der Waals surface area contributed by atoms with Crippen LogP contribution in [0.1, 0.15) is 37.3 Å². The molecule has 0 unspecified atom stereocenters. The van der Waals surface area contributed by atoms with Crippen LogP contribution in [0.15, 0.2) is 71.6 Å². The van der Waals surface area contributed by atoms with E-state index in [-0.39, 0.29) is 4.75 Å². The Hall–Kier alpha value is -1.47. The first-order chi connectivity index (χ1) is 9.67. The highest BCUT2D eigenvalue weighted by Crippen LogP contribution is 2.51. The molecule has 2 atom stereocenters. The average Bonchev–Trinajstić information content (AvgIpc) is 2.48. The molecule has 2 aromatic carbocycles. The zero-order valence-corrected chi connectivity index (χ0v) is 12.9. The average molecular weight is 280 g/mol. The number of hydrogen-bond donors (Lipinski definition) is 0. The largest absolute Gasteiger partial charge is 0.120 e. The van der Waals surface area contributed by atoms with E-state index in [0.717, 1.165) is 6.42 Å². The molecule has 0 saturated heterocycles. The summed E-state index contributed by atoms with van der Waals surface area (Å²) in [4.78, 5) is 1.43. The van der Waals surface area contributed by atoms with Crippen LogP contribution in [0.2, 0.25) is 0 Å². The van der Waals surface area contributed by atoms with E-state index in [4.69, 9.17) is 0 Å². The number of allylic oxidation sites excluding steroid dienone is 2. The normalized spacial score (nSPS) is 26.1. The van der Waals surface area contributed by atoms with E-state index in [2.05, 4.69) is 80.6 Å². The number of thioether (sulfide) groups is 1. The first-order valence-corrected chi connectivity index (χ1v) is 7.97. The third-order valence-electron chi connectivity index (χ3n) is 4.04. The van der Waals surface area contributed by atoms with Gasteiger partial charge in [-0.1, -0.05) is 66.7 Å². The van der Waals surface area contributed by atoms with Crippen LogP contribution in [-0.4, -0.2) is 0 Å². The van der Waals surface area contributed by atoms with E-state index in [0.29, 0.717) is 5.92 Å². The third kappa shape index (κ3) is 2.69. The standard InChI is InChI=1S/C19H20S/c1-15-13-17(16-9-5-3-6-10-16)14-19(2,20-15)18-11-7-4-8-12-18/h3-13,17H,14H2,1-2H3/t17-,19-/m0/s1. The Balaban J connectivity index is 1.96. The smallest absolute Gasteiger partial charge is 0.0432 e. The Morgan fingerprint density at radius 2 is 1.55 bits per heavy atom. The third-order valence-corrected chi connectivity index (χ3v) is 5.35. The molecule has 0 bridgehead atoms. The lowest BCUT2D eigenvalue weighted by Gasteiger charge is -2.37. The van der Waals surface area contributed by atoms with Crippen molar-refractivity contribution in [2.75, 3.05) is 0 Å². The highest BCUT2D eigenvalue weighted by molar-refractivity contribution is 8.04. The summed E-state index contributed by atoms with van der Waals surface area (Å²) in [7, 11) is 0. The molecule has 0 aromatic heterocycles. The maximum atomic E-state index is 2.42. The number of benzene rings is 2. The molecule has 1 heterocycles. The molecule has 2 aromatic rings. The van der Waals surface area contributed by atoms with Gasteiger partial charge in [0.05, 0.1) is 0 Å². The van der Waals surface area contributed by atoms with Gasteiger partial charge in [0.25, 0.3) is 0 Å². The Kier molecular flexibility index (Phi) is 3.71. The van der Waals surface area contributed by atoms with Crippen molar-refractivity contribution >= 4 is 11.8 Å². The summed E-state index contributed by atoms with van der Waals surface area (Å²) in [6, 6.07) is 21.8. The van der Waals surface area contributed by atoms with Crippen molar-refractivity contribution in [1.29, 1.82) is 0 Å². The van der Waals surface area contributed by atoms with E-state index in [1.165, 1.54) is 16.0 Å². The van der Waals surface area contributed by atoms with Crippen LogP contribution in [0.4, 0.5) is 0 Å². The first-order valence-electron chi connectivity index (χ1n) is 7.15. The monoisotopic (exact) mass is 280 g/mol. The summed E-state index contributed by atoms with van der Waals surface area (Å²) in [5, 5.41) is 0. The summed E-state index contributed by atoms with van der Waals surface area (Å²) < 4.78 is 0.167. The lowest BCUT2D eigenvalue weighted by atomic mass is 9.84. The molecular formula is C19H20S. The molecule has 0 amide bonds. The molecule has 0 nitrogen and oxygen atoms in total. The van der Waals surface area contributed by atoms with Gasteiger partial charge in [0.1, 0.15) is 0 Å². The molecule has 0 spiro atoms. The van der Waals surface area contributed by atoms with Gasteiger partial charge in [-0.3, -0.25) is 0 Å². The minimum absolute atomic E-state index is 0.167. The van der Waals surface area contributed by atoms with Gasteiger partial charge >= 0.3 is 0 Å². The van der Waals surface area contributed by atoms with Gasteiger partial charge in [-0.05, 0) is 36.3 Å². The van der Waals surface area contributed by atoms with E-state index >= 15 is 0 Å². The van der Waals surface area contributed by atoms with E-state index in [9.17, 15) is 0 Å². The molecule has 0 radical (unpaired) electrons. The Morgan fingerprint density at radius 1 is 0.950 bits per heavy atom. The highest BCUT2D eigenvalue weighted by atomic mass is 32.2. The van der Waals surface area contributed by atoms with Gasteiger partial charge in [-0.2, -0.15) is 0 Å². The van der Waals surface area contributed by atoms with Crippen molar-refractivity contribution in [1.82, 2.24) is 0 Å². The second kappa shape index (κ2) is 5.49. The second-order valence-corrected chi connectivity index (χ2v) is 7.45. The van der Waals surface area contributed by atoms with E-state index < -0.39 is 0 Å². The summed E-state index contributed by atoms with van der Waals surface area (Å²) in [5.74, 6) is 0.516. The fourth-order valence-electron chi connectivity index (χ4n) is 3.07. The predicted octanol–water partition coefficient (Wildman–Crippen LogP) is 5.73. The highest BCUT2D eigenvalue weighted by Gasteiger charge is 2.34. The van der Waals surface area contributed by atoms with Gasteiger partial charge in [-0.15, -0.1) is 11.8 Å². The van der Waals surface area contributed by atoms with Crippen molar-refractivity contribution in [3.63, 3.8) is 0 Å². The van der Waals surface area contributed by atoms with Crippen molar-refractivity contribution in [2.45, 2.75) is 30.9 Å². The second-order valence-electron chi connectivity index (χ2n) is 5.70. The SMILES string of the molecule is CC1=C[C@H](c2ccccc2)C[C@@](C)(c2ccccc2)S1. The lowest BCUT2D eigenvalue weighted by molar-refractivity contribution is 0.572. The fraction of sp³-hybridized carbons (Fsp3) is 0.263. The minimum Gasteiger partial charge on any atom is -0.120 e. The maximum absolute atomic E-state index is 2.42. The van der Waals surface area contributed by atoms with Gasteiger partial charge in [0, 0.05) is 10.7 Å². The maximum Gasteiger partial charge on any atom is 0.0432 e. The van der Waals surface area contributed by atoms with Gasteiger partial charge in [0.15, 0.2) is 0 Å². The molecule has 0 fully saturated rings. The zero-order chi connectivity index (χ0) is 14.0. The molecule has 0 saturated carbocycles. The molecule has 20 heavy (non-hydrogen) atoms. The van der Waals surface area contributed by atoms with Crippen LogP contribution >= 0.6 is 11.8 Å². The lowest BCUT2D eigenvalue weighted by Crippen LogP contribution is -2.23. The summed E-state index contributed by atoms with van der Waals surface area (Å²) in [5.41, 5.74) is 2.85. The van der Waals surface area contributed by atoms with Gasteiger partial charge < -0.3 is 0 Å². The number of hydrogen-bond acceptors (Lipinski definition) is 1. The van der Waals surface area contributed by atoms with Crippen molar-refractivity contribution < 1.29 is 0 Å². The summed E-state index contributed by atoms with van der Waals surface area (Å²) in [6.45, 7) is 4.61. The van der Waals surface area contributed by atoms with Crippen LogP contribution in [-0.2, 0) is 4.75 Å². The Bertz CT molecular complexity index is 600. The zero-order valence-electron chi connectivity index (χ0n) is 12.0. The predicted molar refractivity (Wildman–Crippen MR) is 88.9 cm³/mol. The molecule has 1 heteroatoms. The molecular weight excluding hydrogens is 260 g/mol. The first kappa shape index (κ1) is 13.5. The van der Waals surface area contributed by atoms with Gasteiger partial charge in [0.2, 0.25) is 0 Å². The summed E-state index contributed by atoms with van der Waals surface area (Å²) in [6.07, 6.45) is 3.58. The van der Waals surface area contributed by atoms with E-state index in [1.54, 1.807) is 0 Å². The Labute approximate surface area is 125 Å². The molecule has 1 aliphatic rings. The number of rotatable bonds is 2. The van der Waals surface area contributed by atoms with Gasteiger partial charge in [-0.25, -0.2) is 0 Å². The van der Waals surface area contributed by atoms with Crippen LogP contribution in [0.25, 0.3) is 0 Å². The minimum atomic E-state index is 0.167. The molecule has 1 aliphatic heterocycles. The molecule has 0 aliphatic carbocycles. The van der Waals surface area contributed by atoms with Crippen LogP contribution in [0, 0.1) is 0 Å². The van der Waals surface area contributed by atoms with Crippen molar-refractivity contribution in [3.05, 3.63) is 82.8 Å². The topological polar surface area (TPSA) is 0 Å².